The number of nitrogen functional groups attached to an aromatic ring is 1. The van der Waals surface area contributed by atoms with Gasteiger partial charge in [0.25, 0.3) is 0 Å². The molecule has 18 heavy (non-hydrogen) atoms. The van der Waals surface area contributed by atoms with Crippen molar-refractivity contribution in [2.24, 2.45) is 0 Å². The summed E-state index contributed by atoms with van der Waals surface area (Å²) in [7, 11) is 0. The molecule has 2 aromatic rings. The van der Waals surface area contributed by atoms with Gasteiger partial charge in [-0.15, -0.1) is 0 Å². The minimum Gasteiger partial charge on any atom is -0.397 e. The summed E-state index contributed by atoms with van der Waals surface area (Å²) in [5.41, 5.74) is 10.4. The maximum absolute atomic E-state index is 5.97. The average molecular weight is 243 g/mol. The monoisotopic (exact) mass is 243 g/mol. The van der Waals surface area contributed by atoms with Gasteiger partial charge in [0.15, 0.2) is 0 Å². The average Bonchev–Trinajstić information content (AvgIpc) is 2.85. The Kier molecular flexibility index (Phi) is 3.32. The summed E-state index contributed by atoms with van der Waals surface area (Å²) in [6.07, 6.45) is 4.00. The van der Waals surface area contributed by atoms with E-state index in [9.17, 15) is 0 Å². The number of aryl methyl sites for hydroxylation is 1. The van der Waals surface area contributed by atoms with Gasteiger partial charge < -0.3 is 16.0 Å². The highest BCUT2D eigenvalue weighted by Gasteiger charge is 2.20. The third-order valence-corrected chi connectivity index (χ3v) is 3.31. The quantitative estimate of drug-likeness (QED) is 0.722. The first kappa shape index (κ1) is 12.6. The standard InChI is InChI=1S/C15H21N3/c1-11-4-5-13(16)14(8-11)18-10-15(2,3)12-6-7-17-9-12/h4-9,17-18H,10,16H2,1-3H3. The Morgan fingerprint density at radius 1 is 1.28 bits per heavy atom. The third kappa shape index (κ3) is 2.67. The summed E-state index contributed by atoms with van der Waals surface area (Å²) >= 11 is 0. The van der Waals surface area contributed by atoms with Crippen LogP contribution in [0.15, 0.2) is 36.7 Å². The normalized spacial score (nSPS) is 11.5. The van der Waals surface area contributed by atoms with Crippen molar-refractivity contribution in [2.75, 3.05) is 17.6 Å². The molecule has 0 atom stereocenters. The molecule has 1 heterocycles. The van der Waals surface area contributed by atoms with E-state index in [1.54, 1.807) is 0 Å². The van der Waals surface area contributed by atoms with E-state index in [-0.39, 0.29) is 5.41 Å². The Morgan fingerprint density at radius 2 is 2.06 bits per heavy atom. The van der Waals surface area contributed by atoms with Crippen molar-refractivity contribution in [2.45, 2.75) is 26.2 Å². The Bertz CT molecular complexity index is 513. The summed E-state index contributed by atoms with van der Waals surface area (Å²) < 4.78 is 0. The van der Waals surface area contributed by atoms with Gasteiger partial charge in [0.1, 0.15) is 0 Å². The number of aromatic amines is 1. The van der Waals surface area contributed by atoms with Gasteiger partial charge in [0, 0.05) is 24.4 Å². The van der Waals surface area contributed by atoms with Crippen LogP contribution in [0.4, 0.5) is 11.4 Å². The lowest BCUT2D eigenvalue weighted by Crippen LogP contribution is -2.27. The smallest absolute Gasteiger partial charge is 0.0576 e. The van der Waals surface area contributed by atoms with Crippen molar-refractivity contribution in [1.29, 1.82) is 0 Å². The van der Waals surface area contributed by atoms with Crippen LogP contribution < -0.4 is 11.1 Å². The number of rotatable bonds is 4. The third-order valence-electron chi connectivity index (χ3n) is 3.31. The van der Waals surface area contributed by atoms with E-state index < -0.39 is 0 Å². The fraction of sp³-hybridized carbons (Fsp3) is 0.333. The van der Waals surface area contributed by atoms with E-state index in [0.29, 0.717) is 0 Å². The number of aromatic nitrogens is 1. The summed E-state index contributed by atoms with van der Waals surface area (Å²) in [6, 6.07) is 8.17. The van der Waals surface area contributed by atoms with Crippen molar-refractivity contribution in [3.63, 3.8) is 0 Å². The zero-order valence-corrected chi connectivity index (χ0v) is 11.2. The predicted octanol–water partition coefficient (Wildman–Crippen LogP) is 3.30. The summed E-state index contributed by atoms with van der Waals surface area (Å²) in [5.74, 6) is 0. The number of nitrogens with two attached hydrogens (primary N) is 1. The highest BCUT2D eigenvalue weighted by molar-refractivity contribution is 5.67. The van der Waals surface area contributed by atoms with Crippen LogP contribution in [0.3, 0.4) is 0 Å². The van der Waals surface area contributed by atoms with E-state index in [2.05, 4.69) is 43.2 Å². The first-order valence-electron chi connectivity index (χ1n) is 6.22. The van der Waals surface area contributed by atoms with Gasteiger partial charge in [-0.3, -0.25) is 0 Å². The number of anilines is 2. The zero-order chi connectivity index (χ0) is 13.2. The summed E-state index contributed by atoms with van der Waals surface area (Å²) in [4.78, 5) is 3.10. The van der Waals surface area contributed by atoms with Crippen LogP contribution in [0.2, 0.25) is 0 Å². The van der Waals surface area contributed by atoms with E-state index in [1.807, 2.05) is 24.5 Å². The summed E-state index contributed by atoms with van der Waals surface area (Å²) in [5, 5.41) is 3.44. The first-order valence-corrected chi connectivity index (χ1v) is 6.22. The van der Waals surface area contributed by atoms with E-state index in [4.69, 9.17) is 5.73 Å². The zero-order valence-electron chi connectivity index (χ0n) is 11.2. The van der Waals surface area contributed by atoms with Gasteiger partial charge in [0.2, 0.25) is 0 Å². The Hall–Kier alpha value is -1.90. The minimum absolute atomic E-state index is 0.0657. The van der Waals surface area contributed by atoms with Crippen molar-refractivity contribution >= 4 is 11.4 Å². The number of hydrogen-bond donors (Lipinski definition) is 3. The molecule has 0 spiro atoms. The molecule has 1 aromatic heterocycles. The van der Waals surface area contributed by atoms with Gasteiger partial charge in [-0.2, -0.15) is 0 Å². The largest absolute Gasteiger partial charge is 0.397 e. The van der Waals surface area contributed by atoms with Gasteiger partial charge in [-0.1, -0.05) is 19.9 Å². The number of H-pyrrole nitrogens is 1. The molecule has 1 aromatic carbocycles. The lowest BCUT2D eigenvalue weighted by molar-refractivity contribution is 0.558. The molecule has 0 bridgehead atoms. The Morgan fingerprint density at radius 3 is 2.72 bits per heavy atom. The minimum atomic E-state index is 0.0657. The molecule has 3 nitrogen and oxygen atoms in total. The lowest BCUT2D eigenvalue weighted by Gasteiger charge is -2.25. The molecule has 2 rings (SSSR count). The van der Waals surface area contributed by atoms with Crippen LogP contribution >= 0.6 is 0 Å². The maximum atomic E-state index is 5.97. The molecule has 0 unspecified atom stereocenters. The van der Waals surface area contributed by atoms with Crippen molar-refractivity contribution in [3.8, 4) is 0 Å². The Labute approximate surface area is 108 Å². The van der Waals surface area contributed by atoms with Crippen molar-refractivity contribution in [1.82, 2.24) is 4.98 Å². The van der Waals surface area contributed by atoms with Gasteiger partial charge in [-0.05, 0) is 36.2 Å². The van der Waals surface area contributed by atoms with Crippen LogP contribution in [0.5, 0.6) is 0 Å². The number of hydrogen-bond acceptors (Lipinski definition) is 2. The van der Waals surface area contributed by atoms with Crippen LogP contribution in [0.1, 0.15) is 25.0 Å². The molecule has 0 amide bonds. The second-order valence-electron chi connectivity index (χ2n) is 5.43. The van der Waals surface area contributed by atoms with Gasteiger partial charge in [0.05, 0.1) is 11.4 Å². The van der Waals surface area contributed by atoms with E-state index in [1.165, 1.54) is 11.1 Å². The molecule has 0 radical (unpaired) electrons. The predicted molar refractivity (Wildman–Crippen MR) is 77.9 cm³/mol. The molecule has 0 fully saturated rings. The van der Waals surface area contributed by atoms with Crippen molar-refractivity contribution < 1.29 is 0 Å². The molecule has 0 aliphatic carbocycles. The highest BCUT2D eigenvalue weighted by atomic mass is 14.9. The van der Waals surface area contributed by atoms with Crippen molar-refractivity contribution in [3.05, 3.63) is 47.8 Å². The van der Waals surface area contributed by atoms with Crippen LogP contribution in [-0.2, 0) is 5.41 Å². The van der Waals surface area contributed by atoms with E-state index in [0.717, 1.165) is 17.9 Å². The maximum Gasteiger partial charge on any atom is 0.0576 e. The van der Waals surface area contributed by atoms with Crippen LogP contribution in [-0.4, -0.2) is 11.5 Å². The molecular weight excluding hydrogens is 222 g/mol. The second-order valence-corrected chi connectivity index (χ2v) is 5.43. The van der Waals surface area contributed by atoms with E-state index >= 15 is 0 Å². The topological polar surface area (TPSA) is 53.8 Å². The van der Waals surface area contributed by atoms with Crippen LogP contribution in [0.25, 0.3) is 0 Å². The molecule has 3 heteroatoms. The number of benzene rings is 1. The first-order chi connectivity index (χ1) is 8.49. The van der Waals surface area contributed by atoms with Gasteiger partial charge >= 0.3 is 0 Å². The SMILES string of the molecule is Cc1ccc(N)c(NCC(C)(C)c2cc[nH]c2)c1. The van der Waals surface area contributed by atoms with Gasteiger partial charge in [-0.25, -0.2) is 0 Å². The molecular formula is C15H21N3. The molecule has 0 saturated carbocycles. The molecule has 0 saturated heterocycles. The van der Waals surface area contributed by atoms with Crippen LogP contribution in [0, 0.1) is 6.92 Å². The summed E-state index contributed by atoms with van der Waals surface area (Å²) in [6.45, 7) is 7.35. The fourth-order valence-corrected chi connectivity index (χ4v) is 1.99. The molecule has 4 N–H and O–H groups in total. The molecule has 0 aliphatic rings. The molecule has 0 aliphatic heterocycles. The molecule has 96 valence electrons. The fourth-order valence-electron chi connectivity index (χ4n) is 1.99. The second kappa shape index (κ2) is 4.77. The number of nitrogens with one attached hydrogen (secondary N) is 2. The lowest BCUT2D eigenvalue weighted by atomic mass is 9.86. The Balaban J connectivity index is 2.09. The highest BCUT2D eigenvalue weighted by Crippen LogP contribution is 2.25.